The van der Waals surface area contributed by atoms with Gasteiger partial charge in [0.1, 0.15) is 0 Å². The predicted octanol–water partition coefficient (Wildman–Crippen LogP) is 5.01. The molecule has 1 N–H and O–H groups in total. The second-order valence-electron chi connectivity index (χ2n) is 8.17. The maximum absolute atomic E-state index is 13.2. The quantitative estimate of drug-likeness (QED) is 0.661. The number of likely N-dealkylation sites (tertiary alicyclic amines) is 1. The lowest BCUT2D eigenvalue weighted by Gasteiger charge is -2.33. The zero-order valence-corrected chi connectivity index (χ0v) is 17.1. The molecule has 0 unspecified atom stereocenters. The lowest BCUT2D eigenvalue weighted by molar-refractivity contribution is 0.105. The van der Waals surface area contributed by atoms with Crippen LogP contribution in [-0.4, -0.2) is 29.8 Å². The van der Waals surface area contributed by atoms with Gasteiger partial charge in [-0.3, -0.25) is 9.69 Å². The van der Waals surface area contributed by atoms with Gasteiger partial charge in [-0.05, 0) is 24.0 Å². The summed E-state index contributed by atoms with van der Waals surface area (Å²) in [7, 11) is 0. The van der Waals surface area contributed by atoms with Crippen LogP contribution in [0.3, 0.4) is 0 Å². The highest BCUT2D eigenvalue weighted by Gasteiger charge is 2.32. The highest BCUT2D eigenvalue weighted by molar-refractivity contribution is 6.39. The van der Waals surface area contributed by atoms with Crippen molar-refractivity contribution in [3.05, 3.63) is 107 Å². The molecule has 5 rings (SSSR count). The number of hydrogen-bond acceptors (Lipinski definition) is 3. The number of hydrogen-bond donors (Lipinski definition) is 1. The Labute approximate surface area is 178 Å². The van der Waals surface area contributed by atoms with Crippen LogP contribution in [0.5, 0.6) is 0 Å². The molecule has 0 amide bonds. The third kappa shape index (κ3) is 3.69. The molecule has 1 aliphatic heterocycles. The van der Waals surface area contributed by atoms with Gasteiger partial charge in [-0.25, -0.2) is 0 Å². The van der Waals surface area contributed by atoms with Crippen LogP contribution in [-0.2, 0) is 6.54 Å². The van der Waals surface area contributed by atoms with Crippen LogP contribution in [0, 0.1) is 0 Å². The van der Waals surface area contributed by atoms with Crippen molar-refractivity contribution >= 4 is 17.1 Å². The molecule has 0 atom stereocenters. The summed E-state index contributed by atoms with van der Waals surface area (Å²) in [5.41, 5.74) is 6.01. The van der Waals surface area contributed by atoms with Gasteiger partial charge in [-0.2, -0.15) is 0 Å². The Morgan fingerprint density at radius 3 is 2.07 bits per heavy atom. The van der Waals surface area contributed by atoms with E-state index in [4.69, 9.17) is 0 Å². The summed E-state index contributed by atoms with van der Waals surface area (Å²) in [5.74, 6) is 0.126. The van der Waals surface area contributed by atoms with Crippen LogP contribution in [0.15, 0.2) is 84.9 Å². The molecule has 3 heteroatoms. The van der Waals surface area contributed by atoms with Gasteiger partial charge in [0, 0.05) is 36.8 Å². The number of benzene rings is 3. The Bertz CT molecular complexity index is 1060. The van der Waals surface area contributed by atoms with Gasteiger partial charge in [0.15, 0.2) is 5.78 Å². The van der Waals surface area contributed by atoms with Gasteiger partial charge in [0.2, 0.25) is 0 Å². The minimum absolute atomic E-state index is 0.126. The van der Waals surface area contributed by atoms with Crippen molar-refractivity contribution in [2.75, 3.05) is 13.1 Å². The first-order valence-corrected chi connectivity index (χ1v) is 10.8. The number of carbonyl (C=O) groups excluding carboxylic acids is 1. The van der Waals surface area contributed by atoms with Crippen molar-refractivity contribution < 1.29 is 4.79 Å². The minimum Gasteiger partial charge on any atom is -0.381 e. The number of fused-ring (bicyclic) bond motifs is 1. The Morgan fingerprint density at radius 1 is 0.767 bits per heavy atom. The van der Waals surface area contributed by atoms with Crippen LogP contribution in [0.1, 0.15) is 39.9 Å². The van der Waals surface area contributed by atoms with Crippen molar-refractivity contribution in [1.82, 2.24) is 10.2 Å². The van der Waals surface area contributed by atoms with Crippen LogP contribution < -0.4 is 5.32 Å². The summed E-state index contributed by atoms with van der Waals surface area (Å²) in [6.45, 7) is 3.14. The maximum atomic E-state index is 13.2. The van der Waals surface area contributed by atoms with Gasteiger partial charge in [-0.15, -0.1) is 0 Å². The number of carbonyl (C=O) groups is 1. The summed E-state index contributed by atoms with van der Waals surface area (Å²) < 4.78 is 0. The molecule has 0 bridgehead atoms. The molecule has 1 heterocycles. The molecule has 1 fully saturated rings. The Morgan fingerprint density at radius 2 is 1.37 bits per heavy atom. The molecule has 0 spiro atoms. The molecular weight excluding hydrogens is 368 g/mol. The minimum atomic E-state index is 0.126. The number of ketones is 1. The van der Waals surface area contributed by atoms with Gasteiger partial charge in [-0.1, -0.05) is 84.9 Å². The third-order valence-corrected chi connectivity index (χ3v) is 6.17. The molecule has 150 valence electrons. The molecule has 1 saturated heterocycles. The lowest BCUT2D eigenvalue weighted by Crippen LogP contribution is -2.41. The van der Waals surface area contributed by atoms with E-state index in [1.165, 1.54) is 5.56 Å². The van der Waals surface area contributed by atoms with Crippen LogP contribution in [0.4, 0.5) is 0 Å². The largest absolute Gasteiger partial charge is 0.381 e. The summed E-state index contributed by atoms with van der Waals surface area (Å²) in [6, 6.07) is 29.1. The van der Waals surface area contributed by atoms with Crippen LogP contribution in [0.25, 0.3) is 11.3 Å². The number of nitrogens with one attached hydrogen (secondary N) is 1. The van der Waals surface area contributed by atoms with Gasteiger partial charge < -0.3 is 5.32 Å². The number of piperidine rings is 1. The average Bonchev–Trinajstić information content (AvgIpc) is 3.08. The zero-order chi connectivity index (χ0) is 20.3. The van der Waals surface area contributed by atoms with Crippen molar-refractivity contribution in [2.45, 2.75) is 25.4 Å². The first-order chi connectivity index (χ1) is 14.8. The third-order valence-electron chi connectivity index (χ3n) is 6.17. The number of allylic oxidation sites excluding steroid dienone is 1. The zero-order valence-electron chi connectivity index (χ0n) is 17.1. The van der Waals surface area contributed by atoms with Gasteiger partial charge >= 0.3 is 0 Å². The fourth-order valence-electron chi connectivity index (χ4n) is 4.59. The smallest absolute Gasteiger partial charge is 0.196 e. The summed E-state index contributed by atoms with van der Waals surface area (Å²) >= 11 is 0. The first kappa shape index (κ1) is 18.8. The standard InChI is InChI=1S/C27H26N2O/c30-27-24-14-8-7-13-23(24)26(25(27)21-11-5-2-6-12-21)28-22-15-17-29(18-16-22)19-20-9-3-1-4-10-20/h1-14,22,28H,15-19H2. The second-order valence-corrected chi connectivity index (χ2v) is 8.17. The SMILES string of the molecule is O=C1C(c2ccccc2)=C(NC2CCN(Cc3ccccc3)CC2)c2ccccc21. The van der Waals surface area contributed by atoms with Gasteiger partial charge in [0.25, 0.3) is 0 Å². The van der Waals surface area contributed by atoms with Crippen molar-refractivity contribution in [1.29, 1.82) is 0 Å². The molecule has 30 heavy (non-hydrogen) atoms. The highest BCUT2D eigenvalue weighted by atomic mass is 16.1. The molecule has 3 nitrogen and oxygen atoms in total. The summed E-state index contributed by atoms with van der Waals surface area (Å²) in [6.07, 6.45) is 2.16. The Hall–Kier alpha value is -3.17. The van der Waals surface area contributed by atoms with E-state index in [0.29, 0.717) is 6.04 Å². The topological polar surface area (TPSA) is 32.3 Å². The molecule has 3 aromatic rings. The molecule has 3 aromatic carbocycles. The number of rotatable bonds is 5. The van der Waals surface area contributed by atoms with Crippen molar-refractivity contribution in [3.63, 3.8) is 0 Å². The molecule has 0 saturated carbocycles. The fraction of sp³-hybridized carbons (Fsp3) is 0.222. The maximum Gasteiger partial charge on any atom is 0.196 e. The molecule has 0 aromatic heterocycles. The van der Waals surface area contributed by atoms with Crippen LogP contribution in [0.2, 0.25) is 0 Å². The van der Waals surface area contributed by atoms with E-state index in [9.17, 15) is 4.79 Å². The van der Waals surface area contributed by atoms with E-state index in [1.54, 1.807) is 0 Å². The van der Waals surface area contributed by atoms with Gasteiger partial charge in [0.05, 0.1) is 11.3 Å². The number of Topliss-reactive ketones (excluding diaryl/α,β-unsaturated/α-hetero) is 1. The number of nitrogens with zero attached hydrogens (tertiary/aromatic N) is 1. The normalized spacial score (nSPS) is 17.3. The molecule has 2 aliphatic rings. The lowest BCUT2D eigenvalue weighted by atomic mass is 10.00. The van der Waals surface area contributed by atoms with E-state index in [2.05, 4.69) is 46.6 Å². The van der Waals surface area contributed by atoms with E-state index in [-0.39, 0.29) is 5.78 Å². The summed E-state index contributed by atoms with van der Waals surface area (Å²) in [4.78, 5) is 15.7. The second kappa shape index (κ2) is 8.29. The predicted molar refractivity (Wildman–Crippen MR) is 122 cm³/mol. The van der Waals surface area contributed by atoms with E-state index in [0.717, 1.165) is 60.4 Å². The van der Waals surface area contributed by atoms with E-state index < -0.39 is 0 Å². The average molecular weight is 395 g/mol. The Balaban J connectivity index is 1.35. The van der Waals surface area contributed by atoms with Crippen molar-refractivity contribution in [2.24, 2.45) is 0 Å². The van der Waals surface area contributed by atoms with E-state index >= 15 is 0 Å². The first-order valence-electron chi connectivity index (χ1n) is 10.8. The highest BCUT2D eigenvalue weighted by Crippen LogP contribution is 2.37. The molecular formula is C27H26N2O. The Kier molecular flexibility index (Phi) is 5.20. The molecule has 1 aliphatic carbocycles. The van der Waals surface area contributed by atoms with E-state index in [1.807, 2.05) is 48.5 Å². The van der Waals surface area contributed by atoms with Crippen molar-refractivity contribution in [3.8, 4) is 0 Å². The fourth-order valence-corrected chi connectivity index (χ4v) is 4.59. The molecule has 0 radical (unpaired) electrons. The van der Waals surface area contributed by atoms with Crippen LogP contribution >= 0.6 is 0 Å². The monoisotopic (exact) mass is 394 g/mol. The summed E-state index contributed by atoms with van der Waals surface area (Å²) in [5, 5.41) is 3.77.